The fourth-order valence-corrected chi connectivity index (χ4v) is 2.06. The van der Waals surface area contributed by atoms with Crippen molar-refractivity contribution < 1.29 is 5.11 Å². The Balaban J connectivity index is 0.00000441. The fraction of sp³-hybridized carbons (Fsp3) is 0.562. The third-order valence-electron chi connectivity index (χ3n) is 3.21. The molecule has 22 heavy (non-hydrogen) atoms. The van der Waals surface area contributed by atoms with Crippen LogP contribution in [-0.4, -0.2) is 42.6 Å². The standard InChI is InChI=1S/C16H26ClN3O.HI/c1-4-6-11-20(3)16(18-5-2)19-12-15(21)13-7-9-14(17)10-8-13;/h7-10,15,21H,4-6,11-12H2,1-3H3,(H,18,19);1H. The van der Waals surface area contributed by atoms with E-state index in [2.05, 4.69) is 22.1 Å². The molecule has 0 saturated heterocycles. The van der Waals surface area contributed by atoms with Gasteiger partial charge in [-0.05, 0) is 31.0 Å². The summed E-state index contributed by atoms with van der Waals surface area (Å²) >= 11 is 5.85. The maximum Gasteiger partial charge on any atom is 0.193 e. The maximum absolute atomic E-state index is 10.2. The first-order valence-electron chi connectivity index (χ1n) is 7.51. The summed E-state index contributed by atoms with van der Waals surface area (Å²) in [4.78, 5) is 6.61. The SMILES string of the molecule is CCCCN(C)C(=NCC(O)c1ccc(Cl)cc1)NCC.I. The van der Waals surface area contributed by atoms with E-state index in [-0.39, 0.29) is 24.0 Å². The van der Waals surface area contributed by atoms with Crippen LogP contribution in [0.4, 0.5) is 0 Å². The lowest BCUT2D eigenvalue weighted by atomic mass is 10.1. The van der Waals surface area contributed by atoms with Crippen LogP contribution < -0.4 is 5.32 Å². The van der Waals surface area contributed by atoms with Crippen LogP contribution in [0.1, 0.15) is 38.4 Å². The minimum atomic E-state index is -0.615. The summed E-state index contributed by atoms with van der Waals surface area (Å²) in [5.41, 5.74) is 0.829. The number of halogens is 2. The van der Waals surface area contributed by atoms with E-state index in [0.29, 0.717) is 11.6 Å². The molecule has 0 saturated carbocycles. The van der Waals surface area contributed by atoms with Crippen molar-refractivity contribution in [3.05, 3.63) is 34.9 Å². The van der Waals surface area contributed by atoms with Crippen LogP contribution in [-0.2, 0) is 0 Å². The van der Waals surface area contributed by atoms with Gasteiger partial charge >= 0.3 is 0 Å². The highest BCUT2D eigenvalue weighted by Crippen LogP contribution is 2.16. The number of hydrogen-bond acceptors (Lipinski definition) is 2. The van der Waals surface area contributed by atoms with E-state index < -0.39 is 6.10 Å². The van der Waals surface area contributed by atoms with Crippen molar-refractivity contribution in [2.75, 3.05) is 26.7 Å². The lowest BCUT2D eigenvalue weighted by Gasteiger charge is -2.22. The number of hydrogen-bond donors (Lipinski definition) is 2. The van der Waals surface area contributed by atoms with E-state index in [0.717, 1.165) is 37.5 Å². The molecule has 1 aromatic carbocycles. The van der Waals surface area contributed by atoms with E-state index >= 15 is 0 Å². The number of nitrogens with one attached hydrogen (secondary N) is 1. The highest BCUT2D eigenvalue weighted by atomic mass is 127. The van der Waals surface area contributed by atoms with Gasteiger partial charge in [0, 0.05) is 25.2 Å². The molecule has 0 spiro atoms. The van der Waals surface area contributed by atoms with Crippen LogP contribution in [0.3, 0.4) is 0 Å². The minimum absolute atomic E-state index is 0. The second-order valence-electron chi connectivity index (χ2n) is 5.04. The molecule has 126 valence electrons. The number of rotatable bonds is 7. The van der Waals surface area contributed by atoms with Crippen molar-refractivity contribution in [3.8, 4) is 0 Å². The largest absolute Gasteiger partial charge is 0.386 e. The number of benzene rings is 1. The molecular weight excluding hydrogens is 413 g/mol. The predicted octanol–water partition coefficient (Wildman–Crippen LogP) is 3.69. The van der Waals surface area contributed by atoms with Crippen molar-refractivity contribution >= 4 is 41.5 Å². The predicted molar refractivity (Wildman–Crippen MR) is 105 cm³/mol. The molecule has 1 rings (SSSR count). The molecule has 2 N–H and O–H groups in total. The summed E-state index contributed by atoms with van der Waals surface area (Å²) in [6.45, 7) is 6.31. The summed E-state index contributed by atoms with van der Waals surface area (Å²) in [5, 5.41) is 14.1. The Bertz CT molecular complexity index is 440. The first kappa shape index (κ1) is 21.5. The number of unbranched alkanes of at least 4 members (excludes halogenated alkanes) is 1. The Kier molecular flexibility index (Phi) is 11.7. The Labute approximate surface area is 156 Å². The molecule has 1 unspecified atom stereocenters. The molecule has 0 aromatic heterocycles. The van der Waals surface area contributed by atoms with Crippen molar-refractivity contribution in [1.82, 2.24) is 10.2 Å². The van der Waals surface area contributed by atoms with Crippen LogP contribution in [0, 0.1) is 0 Å². The van der Waals surface area contributed by atoms with Gasteiger partial charge in [-0.1, -0.05) is 37.1 Å². The smallest absolute Gasteiger partial charge is 0.193 e. The Hall–Kier alpha value is -0.530. The van der Waals surface area contributed by atoms with Crippen LogP contribution in [0.25, 0.3) is 0 Å². The van der Waals surface area contributed by atoms with Crippen molar-refractivity contribution in [2.24, 2.45) is 4.99 Å². The minimum Gasteiger partial charge on any atom is -0.386 e. The third-order valence-corrected chi connectivity index (χ3v) is 3.46. The fourth-order valence-electron chi connectivity index (χ4n) is 1.93. The van der Waals surface area contributed by atoms with Crippen LogP contribution >= 0.6 is 35.6 Å². The normalized spacial score (nSPS) is 12.5. The highest BCUT2D eigenvalue weighted by molar-refractivity contribution is 14.0. The quantitative estimate of drug-likeness (QED) is 0.387. The number of aliphatic hydroxyl groups is 1. The van der Waals surface area contributed by atoms with Gasteiger partial charge in [0.15, 0.2) is 5.96 Å². The molecule has 0 fully saturated rings. The van der Waals surface area contributed by atoms with Gasteiger partial charge < -0.3 is 15.3 Å². The van der Waals surface area contributed by atoms with Crippen LogP contribution in [0.2, 0.25) is 5.02 Å². The van der Waals surface area contributed by atoms with Gasteiger partial charge in [-0.2, -0.15) is 0 Å². The molecule has 0 bridgehead atoms. The molecule has 0 aliphatic heterocycles. The summed E-state index contributed by atoms with van der Waals surface area (Å²) in [5.74, 6) is 0.832. The van der Waals surface area contributed by atoms with E-state index in [9.17, 15) is 5.11 Å². The summed E-state index contributed by atoms with van der Waals surface area (Å²) in [7, 11) is 2.02. The third kappa shape index (κ3) is 7.65. The molecule has 6 heteroatoms. The van der Waals surface area contributed by atoms with Crippen LogP contribution in [0.15, 0.2) is 29.3 Å². The van der Waals surface area contributed by atoms with Gasteiger partial charge in [-0.3, -0.25) is 4.99 Å². The van der Waals surface area contributed by atoms with Crippen LogP contribution in [0.5, 0.6) is 0 Å². The number of aliphatic hydroxyl groups excluding tert-OH is 1. The first-order valence-corrected chi connectivity index (χ1v) is 7.89. The van der Waals surface area contributed by atoms with E-state index in [1.54, 1.807) is 12.1 Å². The molecule has 4 nitrogen and oxygen atoms in total. The molecular formula is C16H27ClIN3O. The van der Waals surface area contributed by atoms with Gasteiger partial charge in [-0.25, -0.2) is 0 Å². The van der Waals surface area contributed by atoms with Gasteiger partial charge in [0.2, 0.25) is 0 Å². The van der Waals surface area contributed by atoms with E-state index in [1.807, 2.05) is 26.1 Å². The molecule has 0 heterocycles. The molecule has 0 radical (unpaired) electrons. The number of nitrogens with zero attached hydrogens (tertiary/aromatic N) is 2. The zero-order chi connectivity index (χ0) is 15.7. The Morgan fingerprint density at radius 1 is 1.32 bits per heavy atom. The molecule has 1 atom stereocenters. The zero-order valence-electron chi connectivity index (χ0n) is 13.6. The second-order valence-corrected chi connectivity index (χ2v) is 5.47. The Morgan fingerprint density at radius 3 is 2.50 bits per heavy atom. The Morgan fingerprint density at radius 2 is 1.95 bits per heavy atom. The van der Waals surface area contributed by atoms with Crippen molar-refractivity contribution in [1.29, 1.82) is 0 Å². The van der Waals surface area contributed by atoms with Gasteiger partial charge in [0.25, 0.3) is 0 Å². The summed E-state index contributed by atoms with van der Waals surface area (Å²) < 4.78 is 0. The molecule has 0 aliphatic carbocycles. The summed E-state index contributed by atoms with van der Waals surface area (Å²) in [6.07, 6.45) is 1.66. The van der Waals surface area contributed by atoms with Gasteiger partial charge in [-0.15, -0.1) is 24.0 Å². The summed E-state index contributed by atoms with van der Waals surface area (Å²) in [6, 6.07) is 7.22. The average molecular weight is 440 g/mol. The first-order chi connectivity index (χ1) is 10.1. The topological polar surface area (TPSA) is 47.9 Å². The number of aliphatic imine (C=N–C) groups is 1. The van der Waals surface area contributed by atoms with E-state index in [1.165, 1.54) is 0 Å². The lowest BCUT2D eigenvalue weighted by molar-refractivity contribution is 0.186. The highest BCUT2D eigenvalue weighted by Gasteiger charge is 2.09. The monoisotopic (exact) mass is 439 g/mol. The molecule has 1 aromatic rings. The zero-order valence-corrected chi connectivity index (χ0v) is 16.6. The maximum atomic E-state index is 10.2. The molecule has 0 aliphatic rings. The average Bonchev–Trinajstić information content (AvgIpc) is 2.49. The van der Waals surface area contributed by atoms with E-state index in [4.69, 9.17) is 11.6 Å². The lowest BCUT2D eigenvalue weighted by Crippen LogP contribution is -2.39. The van der Waals surface area contributed by atoms with Crippen molar-refractivity contribution in [3.63, 3.8) is 0 Å². The van der Waals surface area contributed by atoms with Gasteiger partial charge in [0.05, 0.1) is 12.6 Å². The van der Waals surface area contributed by atoms with Crippen molar-refractivity contribution in [2.45, 2.75) is 32.8 Å². The van der Waals surface area contributed by atoms with Gasteiger partial charge in [0.1, 0.15) is 0 Å². The second kappa shape index (κ2) is 12.0. The molecule has 0 amide bonds. The number of guanidine groups is 1.